The van der Waals surface area contributed by atoms with Gasteiger partial charge in [-0.3, -0.25) is 0 Å². The zero-order valence-corrected chi connectivity index (χ0v) is 37.6. The van der Waals surface area contributed by atoms with Crippen LogP contribution in [0.4, 0.5) is 0 Å². The number of aryl methyl sites for hydroxylation is 13. The zero-order valence-electron chi connectivity index (χ0n) is 34.5. The van der Waals surface area contributed by atoms with Crippen LogP contribution in [0.3, 0.4) is 0 Å². The summed E-state index contributed by atoms with van der Waals surface area (Å²) >= 11 is 15.1. The molecule has 0 saturated carbocycles. The van der Waals surface area contributed by atoms with Crippen LogP contribution in [-0.2, 0) is 6.61 Å². The highest BCUT2D eigenvalue weighted by atomic mass is 79.9. The molecule has 2 nitrogen and oxygen atoms in total. The second-order valence-corrected chi connectivity index (χ2v) is 15.5. The summed E-state index contributed by atoms with van der Waals surface area (Å²) in [7, 11) is 1.63. The van der Waals surface area contributed by atoms with Crippen LogP contribution < -0.4 is 4.74 Å². The van der Waals surface area contributed by atoms with Gasteiger partial charge in [-0.2, -0.15) is 0 Å². The lowest BCUT2D eigenvalue weighted by atomic mass is 10.0. The molecule has 52 heavy (non-hydrogen) atoms. The zero-order chi connectivity index (χ0) is 40.0. The van der Waals surface area contributed by atoms with Gasteiger partial charge in [0, 0.05) is 20.1 Å². The third-order valence-electron chi connectivity index (χ3n) is 9.71. The minimum absolute atomic E-state index is 0.0384. The minimum atomic E-state index is 0.0384. The molecule has 5 aromatic rings. The summed E-state index contributed by atoms with van der Waals surface area (Å²) in [6, 6.07) is 20.9. The van der Waals surface area contributed by atoms with E-state index in [2.05, 4.69) is 128 Å². The molecule has 282 valence electrons. The van der Waals surface area contributed by atoms with Crippen LogP contribution in [0.25, 0.3) is 0 Å². The number of rotatable bonds is 2. The lowest BCUT2D eigenvalue weighted by Gasteiger charge is -2.11. The number of ether oxygens (including phenoxy) is 1. The summed E-state index contributed by atoms with van der Waals surface area (Å²) in [4.78, 5) is 0. The molecule has 0 unspecified atom stereocenters. The number of hydrogen-bond donors (Lipinski definition) is 1. The number of methoxy groups -OCH3 is 1. The highest BCUT2D eigenvalue weighted by molar-refractivity contribution is 9.10. The third-order valence-corrected chi connectivity index (χ3v) is 11.4. The van der Waals surface area contributed by atoms with Crippen molar-refractivity contribution >= 4 is 39.1 Å². The van der Waals surface area contributed by atoms with Crippen molar-refractivity contribution in [2.45, 2.75) is 110 Å². The van der Waals surface area contributed by atoms with E-state index in [4.69, 9.17) is 33.0 Å². The SMILES string of the molecule is COc1c(C)ccc(C)c1CO.Cc1cc(C)c(Br)cc1C.Cc1cc(C)c(C)cc1C.Cc1cc(Cl)c(C)cc1Cl.Cc1ccc(C)c(C)c1C. The fourth-order valence-corrected chi connectivity index (χ4v) is 6.09. The average molecular weight is 809 g/mol. The molecule has 0 aliphatic carbocycles. The predicted octanol–water partition coefficient (Wildman–Crippen LogP) is 14.6. The Morgan fingerprint density at radius 2 is 0.769 bits per heavy atom. The second kappa shape index (κ2) is 22.2. The first-order valence-electron chi connectivity index (χ1n) is 17.6. The van der Waals surface area contributed by atoms with Gasteiger partial charge in [0.25, 0.3) is 0 Å². The molecular weight excluding hydrogens is 747 g/mol. The Hall–Kier alpha value is -3.08. The molecule has 0 heterocycles. The van der Waals surface area contributed by atoms with Crippen molar-refractivity contribution in [1.82, 2.24) is 0 Å². The molecule has 5 aromatic carbocycles. The normalized spacial score (nSPS) is 10.0. The van der Waals surface area contributed by atoms with Gasteiger partial charge in [-0.1, -0.05) is 81.6 Å². The fourth-order valence-electron chi connectivity index (χ4n) is 5.19. The van der Waals surface area contributed by atoms with Crippen molar-refractivity contribution < 1.29 is 9.84 Å². The number of halogens is 3. The Labute approximate surface area is 334 Å². The average Bonchev–Trinajstić information content (AvgIpc) is 3.08. The Morgan fingerprint density at radius 1 is 0.442 bits per heavy atom. The van der Waals surface area contributed by atoms with Crippen LogP contribution in [0.5, 0.6) is 5.75 Å². The highest BCUT2D eigenvalue weighted by Crippen LogP contribution is 2.26. The molecule has 5 rings (SSSR count). The van der Waals surface area contributed by atoms with Gasteiger partial charge in [-0.15, -0.1) is 0 Å². The lowest BCUT2D eigenvalue weighted by molar-refractivity contribution is 0.272. The monoisotopic (exact) mass is 806 g/mol. The molecule has 1 N–H and O–H groups in total. The van der Waals surface area contributed by atoms with Crippen LogP contribution in [0.15, 0.2) is 65.1 Å². The van der Waals surface area contributed by atoms with E-state index in [1.165, 1.54) is 65.7 Å². The molecular formula is C47H61BrCl2O2. The summed E-state index contributed by atoms with van der Waals surface area (Å²) in [5.41, 5.74) is 20.3. The van der Waals surface area contributed by atoms with E-state index in [1.54, 1.807) is 7.11 Å². The maximum absolute atomic E-state index is 9.07. The van der Waals surface area contributed by atoms with Gasteiger partial charge in [-0.25, -0.2) is 0 Å². The molecule has 0 spiro atoms. The first-order chi connectivity index (χ1) is 24.2. The van der Waals surface area contributed by atoms with Crippen molar-refractivity contribution in [1.29, 1.82) is 0 Å². The van der Waals surface area contributed by atoms with E-state index >= 15 is 0 Å². The number of aliphatic hydroxyl groups excluding tert-OH is 1. The Bertz CT molecular complexity index is 1600. The molecule has 0 amide bonds. The Balaban J connectivity index is 0.000000326. The molecule has 0 aliphatic rings. The second-order valence-electron chi connectivity index (χ2n) is 13.9. The largest absolute Gasteiger partial charge is 0.496 e. The summed E-state index contributed by atoms with van der Waals surface area (Å²) in [6.45, 7) is 31.5. The molecule has 5 heteroatoms. The van der Waals surface area contributed by atoms with E-state index in [1.807, 2.05) is 52.0 Å². The van der Waals surface area contributed by atoms with E-state index < -0.39 is 0 Å². The van der Waals surface area contributed by atoms with Crippen molar-refractivity contribution in [2.75, 3.05) is 7.11 Å². The van der Waals surface area contributed by atoms with Gasteiger partial charge in [0.15, 0.2) is 0 Å². The van der Waals surface area contributed by atoms with Crippen molar-refractivity contribution in [3.05, 3.63) is 164 Å². The highest BCUT2D eigenvalue weighted by Gasteiger charge is 2.07. The van der Waals surface area contributed by atoms with Crippen LogP contribution in [0.2, 0.25) is 10.0 Å². The minimum Gasteiger partial charge on any atom is -0.496 e. The standard InChI is InChI=1S/C10H14O2.2C10H14.C9H11Br.C8H8Cl2/c1-7-4-5-8(2)10(12-3)9(7)6-11;1-7-5-9(3)10(4)6-8(7)2;1-7-5-6-8(2)10(4)9(7)3;1-6-4-8(3)9(10)5-7(6)2;1-5-3-8(10)6(2)4-7(5)9/h4-5,11H,6H2,1-3H3;2*5-6H,1-4H3;4-5H,1-3H3;3-4H,1-2H3. The van der Waals surface area contributed by atoms with Crippen molar-refractivity contribution in [3.63, 3.8) is 0 Å². The topological polar surface area (TPSA) is 29.5 Å². The van der Waals surface area contributed by atoms with Gasteiger partial charge in [0.05, 0.1) is 13.7 Å². The van der Waals surface area contributed by atoms with Crippen LogP contribution >= 0.6 is 39.1 Å². The van der Waals surface area contributed by atoms with E-state index in [-0.39, 0.29) is 6.61 Å². The maximum Gasteiger partial charge on any atom is 0.127 e. The summed E-state index contributed by atoms with van der Waals surface area (Å²) in [5.74, 6) is 0.803. The summed E-state index contributed by atoms with van der Waals surface area (Å²) < 4.78 is 6.39. The molecule has 0 fully saturated rings. The smallest absolute Gasteiger partial charge is 0.127 e. The Kier molecular flexibility index (Phi) is 20.0. The van der Waals surface area contributed by atoms with Gasteiger partial charge < -0.3 is 9.84 Å². The van der Waals surface area contributed by atoms with E-state index in [0.29, 0.717) is 0 Å². The van der Waals surface area contributed by atoms with Crippen LogP contribution in [0, 0.1) is 104 Å². The van der Waals surface area contributed by atoms with E-state index in [9.17, 15) is 0 Å². The number of hydrogen-bond acceptors (Lipinski definition) is 2. The Morgan fingerprint density at radius 3 is 1.10 bits per heavy atom. The van der Waals surface area contributed by atoms with Gasteiger partial charge in [0.2, 0.25) is 0 Å². The van der Waals surface area contributed by atoms with E-state index in [0.717, 1.165) is 43.6 Å². The number of aliphatic hydroxyl groups is 1. The summed E-state index contributed by atoms with van der Waals surface area (Å²) in [5, 5.41) is 10.6. The fraction of sp³-hybridized carbons (Fsp3) is 0.362. The predicted molar refractivity (Wildman–Crippen MR) is 233 cm³/mol. The molecule has 0 radical (unpaired) electrons. The molecule has 0 aliphatic heterocycles. The quantitative estimate of drug-likeness (QED) is 0.192. The molecule has 0 atom stereocenters. The van der Waals surface area contributed by atoms with Gasteiger partial charge in [0.1, 0.15) is 5.75 Å². The third kappa shape index (κ3) is 14.4. The maximum atomic E-state index is 9.07. The molecule has 0 saturated heterocycles. The van der Waals surface area contributed by atoms with Crippen molar-refractivity contribution in [3.8, 4) is 5.75 Å². The first-order valence-corrected chi connectivity index (χ1v) is 19.2. The van der Waals surface area contributed by atoms with Crippen LogP contribution in [-0.4, -0.2) is 12.2 Å². The number of benzene rings is 5. The van der Waals surface area contributed by atoms with Crippen molar-refractivity contribution in [2.24, 2.45) is 0 Å². The van der Waals surface area contributed by atoms with Crippen LogP contribution in [0.1, 0.15) is 89.0 Å². The first kappa shape index (κ1) is 46.9. The van der Waals surface area contributed by atoms with Gasteiger partial charge >= 0.3 is 0 Å². The van der Waals surface area contributed by atoms with Gasteiger partial charge in [-0.05, 0) is 206 Å². The molecule has 0 bridgehead atoms. The molecule has 0 aromatic heterocycles. The lowest BCUT2D eigenvalue weighted by Crippen LogP contribution is -1.97. The summed E-state index contributed by atoms with van der Waals surface area (Å²) in [6.07, 6.45) is 0.